The van der Waals surface area contributed by atoms with Crippen LogP contribution in [0, 0.1) is 0 Å². The molecule has 1 N–H and O–H groups in total. The fraction of sp³-hybridized carbons (Fsp3) is 0.158. The average molecular weight is 313 g/mol. The van der Waals surface area contributed by atoms with Crippen LogP contribution in [0.4, 0.5) is 0 Å². The minimum Gasteiger partial charge on any atom is -0.383 e. The van der Waals surface area contributed by atoms with Gasteiger partial charge < -0.3 is 5.11 Å². The Balaban J connectivity index is 2.29. The molecule has 0 aromatic heterocycles. The highest BCUT2D eigenvalue weighted by atomic mass is 35.5. The minimum absolute atomic E-state index is 0.0942. The van der Waals surface area contributed by atoms with E-state index >= 15 is 0 Å². The van der Waals surface area contributed by atoms with Crippen LogP contribution in [0.2, 0.25) is 5.02 Å². The Morgan fingerprint density at radius 2 is 1.64 bits per heavy atom. The highest BCUT2D eigenvalue weighted by Gasteiger charge is 2.11. The van der Waals surface area contributed by atoms with E-state index in [4.69, 9.17) is 11.6 Å². The highest BCUT2D eigenvalue weighted by Crippen LogP contribution is 2.22. The average Bonchev–Trinajstić information content (AvgIpc) is 2.54. The first-order chi connectivity index (χ1) is 10.5. The second-order valence-corrected chi connectivity index (χ2v) is 5.52. The molecule has 1 atom stereocenters. The summed E-state index contributed by atoms with van der Waals surface area (Å²) in [6, 6.07) is 16.0. The van der Waals surface area contributed by atoms with Gasteiger partial charge in [0.1, 0.15) is 6.10 Å². The largest absolute Gasteiger partial charge is 0.383 e. The third-order valence-corrected chi connectivity index (χ3v) is 3.61. The topological polar surface area (TPSA) is 37.3 Å². The summed E-state index contributed by atoms with van der Waals surface area (Å²) in [6.45, 7) is 3.45. The number of carbonyl (C=O) groups excluding carboxylic acids is 1. The van der Waals surface area contributed by atoms with E-state index in [1.807, 2.05) is 18.2 Å². The van der Waals surface area contributed by atoms with Crippen LogP contribution in [-0.2, 0) is 0 Å². The first-order valence-corrected chi connectivity index (χ1v) is 7.34. The fourth-order valence-electron chi connectivity index (χ4n) is 2.12. The summed E-state index contributed by atoms with van der Waals surface area (Å²) in [5, 5.41) is 10.9. The summed E-state index contributed by atoms with van der Waals surface area (Å²) in [7, 11) is 0. The van der Waals surface area contributed by atoms with Gasteiger partial charge in [0.05, 0.1) is 0 Å². The van der Waals surface area contributed by atoms with Crippen molar-refractivity contribution in [2.45, 2.75) is 20.0 Å². The number of halogens is 1. The van der Waals surface area contributed by atoms with Gasteiger partial charge in [-0.1, -0.05) is 54.1 Å². The normalized spacial score (nSPS) is 11.5. The molecule has 0 heterocycles. The summed E-state index contributed by atoms with van der Waals surface area (Å²) in [6.07, 6.45) is -0.809. The van der Waals surface area contributed by atoms with Crippen molar-refractivity contribution in [1.29, 1.82) is 0 Å². The quantitative estimate of drug-likeness (QED) is 0.502. The Morgan fingerprint density at radius 3 is 2.23 bits per heavy atom. The standard InChI is InChI=1S/C19H17ClO2/c1-13(18(21)15-6-4-3-5-7-15)12-14(2)19(22)16-8-10-17(20)11-9-16/h3-11,19,22H,1-2H3. The maximum Gasteiger partial charge on any atom is 0.196 e. The van der Waals surface area contributed by atoms with Gasteiger partial charge in [-0.3, -0.25) is 4.79 Å². The lowest BCUT2D eigenvalue weighted by atomic mass is 10.0. The fourth-order valence-corrected chi connectivity index (χ4v) is 2.25. The maximum absolute atomic E-state index is 12.3. The van der Waals surface area contributed by atoms with Gasteiger partial charge in [0.2, 0.25) is 0 Å². The molecule has 2 nitrogen and oxygen atoms in total. The van der Waals surface area contributed by atoms with Crippen LogP contribution in [-0.4, -0.2) is 10.9 Å². The minimum atomic E-state index is -0.809. The Hall–Kier alpha value is -2.12. The monoisotopic (exact) mass is 312 g/mol. The molecule has 1 unspecified atom stereocenters. The van der Waals surface area contributed by atoms with E-state index in [1.165, 1.54) is 0 Å². The highest BCUT2D eigenvalue weighted by molar-refractivity contribution is 6.30. The van der Waals surface area contributed by atoms with E-state index in [2.05, 4.69) is 5.73 Å². The van der Waals surface area contributed by atoms with Crippen molar-refractivity contribution in [2.75, 3.05) is 0 Å². The number of ketones is 1. The van der Waals surface area contributed by atoms with E-state index in [-0.39, 0.29) is 5.78 Å². The van der Waals surface area contributed by atoms with Crippen LogP contribution in [0.3, 0.4) is 0 Å². The Bertz CT molecular complexity index is 724. The molecule has 0 bridgehead atoms. The molecule has 0 spiro atoms. The first kappa shape index (κ1) is 16.3. The van der Waals surface area contributed by atoms with Gasteiger partial charge in [0, 0.05) is 21.7 Å². The molecule has 0 aliphatic rings. The van der Waals surface area contributed by atoms with Crippen LogP contribution in [0.25, 0.3) is 0 Å². The molecular weight excluding hydrogens is 296 g/mol. The molecule has 2 aromatic rings. The van der Waals surface area contributed by atoms with Crippen molar-refractivity contribution >= 4 is 17.4 Å². The van der Waals surface area contributed by atoms with Crippen molar-refractivity contribution in [2.24, 2.45) is 0 Å². The number of carbonyl (C=O) groups is 1. The summed E-state index contributed by atoms with van der Waals surface area (Å²) in [5.41, 5.74) is 5.38. The molecule has 0 amide bonds. The molecule has 22 heavy (non-hydrogen) atoms. The molecule has 2 rings (SSSR count). The van der Waals surface area contributed by atoms with Crippen molar-refractivity contribution in [1.82, 2.24) is 0 Å². The van der Waals surface area contributed by atoms with E-state index in [9.17, 15) is 9.90 Å². The van der Waals surface area contributed by atoms with Crippen LogP contribution < -0.4 is 0 Å². The Morgan fingerprint density at radius 1 is 1.05 bits per heavy atom. The second-order valence-electron chi connectivity index (χ2n) is 5.08. The number of aliphatic hydroxyl groups is 1. The molecule has 0 saturated carbocycles. The lowest BCUT2D eigenvalue weighted by Gasteiger charge is -2.10. The first-order valence-electron chi connectivity index (χ1n) is 6.96. The van der Waals surface area contributed by atoms with Gasteiger partial charge in [-0.25, -0.2) is 0 Å². The number of hydrogen-bond acceptors (Lipinski definition) is 2. The SMILES string of the molecule is CC(=C=C(C)C(O)c1ccc(Cl)cc1)C(=O)c1ccccc1. The molecule has 0 saturated heterocycles. The molecule has 0 radical (unpaired) electrons. The molecule has 0 fully saturated rings. The molecular formula is C19H17ClO2. The van der Waals surface area contributed by atoms with E-state index in [0.717, 1.165) is 5.56 Å². The molecule has 2 aromatic carbocycles. The predicted octanol–water partition coefficient (Wildman–Crippen LogP) is 4.75. The lowest BCUT2D eigenvalue weighted by molar-refractivity contribution is 0.103. The van der Waals surface area contributed by atoms with Crippen LogP contribution in [0.1, 0.15) is 35.9 Å². The van der Waals surface area contributed by atoms with Gasteiger partial charge in [0.25, 0.3) is 0 Å². The predicted molar refractivity (Wildman–Crippen MR) is 89.1 cm³/mol. The zero-order valence-electron chi connectivity index (χ0n) is 12.5. The zero-order chi connectivity index (χ0) is 16.1. The van der Waals surface area contributed by atoms with Gasteiger partial charge in [-0.15, -0.1) is 5.73 Å². The summed E-state index contributed by atoms with van der Waals surface area (Å²) < 4.78 is 0. The van der Waals surface area contributed by atoms with Crippen molar-refractivity contribution in [3.8, 4) is 0 Å². The third kappa shape index (κ3) is 3.96. The van der Waals surface area contributed by atoms with E-state index in [1.54, 1.807) is 50.2 Å². The second kappa shape index (κ2) is 7.24. The number of Topliss-reactive ketones (excluding diaryl/α,β-unsaturated/α-hetero) is 1. The van der Waals surface area contributed by atoms with Crippen LogP contribution in [0.15, 0.2) is 71.5 Å². The van der Waals surface area contributed by atoms with Gasteiger partial charge in [0.15, 0.2) is 5.78 Å². The Kier molecular flexibility index (Phi) is 5.35. The molecule has 0 aliphatic heterocycles. The van der Waals surface area contributed by atoms with Crippen LogP contribution in [0.5, 0.6) is 0 Å². The molecule has 3 heteroatoms. The number of benzene rings is 2. The van der Waals surface area contributed by atoms with Gasteiger partial charge in [-0.05, 0) is 31.5 Å². The summed E-state index contributed by atoms with van der Waals surface area (Å²) in [4.78, 5) is 12.3. The van der Waals surface area contributed by atoms with Gasteiger partial charge in [-0.2, -0.15) is 0 Å². The third-order valence-electron chi connectivity index (χ3n) is 3.36. The van der Waals surface area contributed by atoms with Gasteiger partial charge >= 0.3 is 0 Å². The summed E-state index contributed by atoms with van der Waals surface area (Å²) in [5.74, 6) is -0.0942. The van der Waals surface area contributed by atoms with Crippen molar-refractivity contribution in [3.05, 3.63) is 87.6 Å². The number of hydrogen-bond donors (Lipinski definition) is 1. The maximum atomic E-state index is 12.3. The van der Waals surface area contributed by atoms with Crippen molar-refractivity contribution < 1.29 is 9.90 Å². The molecule has 112 valence electrons. The van der Waals surface area contributed by atoms with Crippen molar-refractivity contribution in [3.63, 3.8) is 0 Å². The lowest BCUT2D eigenvalue weighted by Crippen LogP contribution is -2.01. The van der Waals surface area contributed by atoms with Crippen LogP contribution >= 0.6 is 11.6 Å². The Labute approximate surface area is 135 Å². The smallest absolute Gasteiger partial charge is 0.196 e. The zero-order valence-corrected chi connectivity index (χ0v) is 13.3. The molecule has 0 aliphatic carbocycles. The number of aliphatic hydroxyl groups excluding tert-OH is 1. The number of rotatable bonds is 4. The summed E-state index contributed by atoms with van der Waals surface area (Å²) >= 11 is 5.84. The van der Waals surface area contributed by atoms with E-state index in [0.29, 0.717) is 21.7 Å². The van der Waals surface area contributed by atoms with E-state index < -0.39 is 6.10 Å².